The molecule has 0 bridgehead atoms. The van der Waals surface area contributed by atoms with Crippen LogP contribution in [0.15, 0.2) is 125 Å². The summed E-state index contributed by atoms with van der Waals surface area (Å²) in [4.78, 5) is 65.0. The number of nitrogens with one attached hydrogen (secondary N) is 1. The number of hydrogen-bond acceptors (Lipinski definition) is 9. The van der Waals surface area contributed by atoms with Crippen LogP contribution in [0, 0.1) is 10.1 Å². The van der Waals surface area contributed by atoms with E-state index in [0.717, 1.165) is 10.8 Å². The van der Waals surface area contributed by atoms with Crippen LogP contribution in [0.4, 0.5) is 11.4 Å². The molecule has 0 aliphatic rings. The van der Waals surface area contributed by atoms with Crippen LogP contribution in [0.3, 0.4) is 0 Å². The Balaban J connectivity index is 1.58. The minimum Gasteiger partial charge on any atom is -0.503 e. The van der Waals surface area contributed by atoms with E-state index >= 15 is 0 Å². The number of carboxylic acid groups (broad SMARTS) is 1. The van der Waals surface area contributed by atoms with Gasteiger partial charge in [0.15, 0.2) is 11.5 Å². The number of ether oxygens (including phenoxy) is 1. The van der Waals surface area contributed by atoms with Crippen molar-refractivity contribution in [1.82, 2.24) is 4.90 Å². The fourth-order valence-corrected chi connectivity index (χ4v) is 6.11. The number of nitro groups is 1. The van der Waals surface area contributed by atoms with E-state index in [1.54, 1.807) is 70.2 Å². The molecule has 0 radical (unpaired) electrons. The van der Waals surface area contributed by atoms with Crippen molar-refractivity contribution >= 4 is 45.9 Å². The summed E-state index contributed by atoms with van der Waals surface area (Å²) in [5, 5.41) is 37.3. The van der Waals surface area contributed by atoms with Crippen LogP contribution in [0.1, 0.15) is 67.5 Å². The summed E-state index contributed by atoms with van der Waals surface area (Å²) in [7, 11) is 0. The number of anilines is 1. The number of aliphatic carboxylic acids is 1. The van der Waals surface area contributed by atoms with Crippen LogP contribution in [0.25, 0.3) is 10.8 Å². The van der Waals surface area contributed by atoms with Crippen LogP contribution < -0.4 is 5.32 Å². The maximum absolute atomic E-state index is 14.5. The van der Waals surface area contributed by atoms with Crippen molar-refractivity contribution in [1.29, 1.82) is 0 Å². The molecule has 0 aliphatic heterocycles. The number of esters is 1. The van der Waals surface area contributed by atoms with Gasteiger partial charge in [-0.3, -0.25) is 24.5 Å². The number of hydrogen-bond donors (Lipinski definition) is 3. The Labute approximate surface area is 317 Å². The van der Waals surface area contributed by atoms with Crippen molar-refractivity contribution in [3.8, 4) is 0 Å². The van der Waals surface area contributed by atoms with Gasteiger partial charge in [-0.1, -0.05) is 66.7 Å². The normalized spacial score (nSPS) is 12.9. The molecular formula is C42H41N3O10. The summed E-state index contributed by atoms with van der Waals surface area (Å²) in [6, 6.07) is 30.0. The molecule has 4 aromatic carbocycles. The van der Waals surface area contributed by atoms with Gasteiger partial charge in [-0.2, -0.15) is 0 Å². The molecule has 55 heavy (non-hydrogen) atoms. The minimum atomic E-state index is -1.47. The van der Waals surface area contributed by atoms with Gasteiger partial charge < -0.3 is 29.6 Å². The van der Waals surface area contributed by atoms with Gasteiger partial charge in [-0.05, 0) is 79.9 Å². The second-order valence-corrected chi connectivity index (χ2v) is 14.0. The number of carbonyl (C=O) groups is 4. The number of para-hydroxylation sites is 1. The maximum atomic E-state index is 14.5. The molecule has 13 heteroatoms. The number of carbonyl (C=O) groups excluding carboxylic acids is 3. The molecule has 0 fully saturated rings. The van der Waals surface area contributed by atoms with Crippen LogP contribution in [0.5, 0.6) is 0 Å². The van der Waals surface area contributed by atoms with E-state index in [-0.39, 0.29) is 24.4 Å². The Morgan fingerprint density at radius 3 is 2.16 bits per heavy atom. The van der Waals surface area contributed by atoms with Gasteiger partial charge >= 0.3 is 11.9 Å². The largest absolute Gasteiger partial charge is 0.503 e. The second-order valence-electron chi connectivity index (χ2n) is 14.0. The first-order valence-corrected chi connectivity index (χ1v) is 17.4. The molecule has 0 saturated carbocycles. The van der Waals surface area contributed by atoms with Crippen LogP contribution in [0.2, 0.25) is 0 Å². The van der Waals surface area contributed by atoms with Crippen molar-refractivity contribution in [2.45, 2.75) is 64.6 Å². The number of fused-ring (bicyclic) bond motifs is 1. The van der Waals surface area contributed by atoms with E-state index in [4.69, 9.17) is 9.15 Å². The molecule has 284 valence electrons. The highest BCUT2D eigenvalue weighted by Gasteiger charge is 2.35. The highest BCUT2D eigenvalue weighted by molar-refractivity contribution is 6.04. The lowest BCUT2D eigenvalue weighted by Crippen LogP contribution is -2.43. The van der Waals surface area contributed by atoms with E-state index in [9.17, 15) is 39.5 Å². The summed E-state index contributed by atoms with van der Waals surface area (Å²) in [6.07, 6.45) is -0.908. The number of carboxylic acids is 1. The van der Waals surface area contributed by atoms with E-state index in [2.05, 4.69) is 5.32 Å². The molecule has 2 unspecified atom stereocenters. The topological polar surface area (TPSA) is 190 Å². The standard InChI is InChI=1S/C42H41N3O10/c1-26(34(29-16-18-32(19-17-29)45(52)53)23-33-20-21-36(54-33)39(49)43-31-12-6-5-7-13-31)44(25-27-14-15-28-10-8-9-11-30(28)22-27)40(50)38(48)35(24-37(46)47)41(51)55-42(2,3)4/h5-22,26,34,48H,23-25H2,1-4H3,(H,43,49)(H,46,47). The second kappa shape index (κ2) is 16.9. The maximum Gasteiger partial charge on any atom is 0.339 e. The highest BCUT2D eigenvalue weighted by atomic mass is 16.6. The van der Waals surface area contributed by atoms with Gasteiger partial charge in [-0.25, -0.2) is 4.79 Å². The number of rotatable bonds is 14. The van der Waals surface area contributed by atoms with Crippen molar-refractivity contribution in [3.05, 3.63) is 153 Å². The molecule has 1 aromatic heterocycles. The van der Waals surface area contributed by atoms with E-state index < -0.39 is 64.0 Å². The third kappa shape index (κ3) is 10.2. The minimum absolute atomic E-state index is 0.0225. The van der Waals surface area contributed by atoms with E-state index in [0.29, 0.717) is 22.6 Å². The Morgan fingerprint density at radius 2 is 1.53 bits per heavy atom. The Kier molecular flexibility index (Phi) is 12.1. The van der Waals surface area contributed by atoms with Gasteiger partial charge in [0.2, 0.25) is 0 Å². The lowest BCUT2D eigenvalue weighted by Gasteiger charge is -2.35. The number of furan rings is 1. The molecule has 5 aromatic rings. The van der Waals surface area contributed by atoms with Crippen LogP contribution >= 0.6 is 0 Å². The molecule has 5 rings (SSSR count). The molecule has 3 N–H and O–H groups in total. The summed E-state index contributed by atoms with van der Waals surface area (Å²) >= 11 is 0. The number of amides is 2. The van der Waals surface area contributed by atoms with E-state index in [1.807, 2.05) is 48.5 Å². The Hall–Kier alpha value is -6.76. The van der Waals surface area contributed by atoms with Gasteiger partial charge in [0.05, 0.1) is 16.9 Å². The molecule has 0 saturated heterocycles. The number of nitrogens with zero attached hydrogens (tertiary/aromatic N) is 2. The Morgan fingerprint density at radius 1 is 0.873 bits per heavy atom. The molecule has 1 heterocycles. The van der Waals surface area contributed by atoms with Crippen molar-refractivity contribution in [2.24, 2.45) is 0 Å². The summed E-state index contributed by atoms with van der Waals surface area (Å²) < 4.78 is 11.4. The first-order chi connectivity index (χ1) is 26.1. The molecule has 0 aliphatic carbocycles. The number of aliphatic hydroxyl groups is 1. The summed E-state index contributed by atoms with van der Waals surface area (Å²) in [5.74, 6) is -5.57. The van der Waals surface area contributed by atoms with Gasteiger partial charge in [-0.15, -0.1) is 0 Å². The van der Waals surface area contributed by atoms with Crippen molar-refractivity contribution in [2.75, 3.05) is 5.32 Å². The third-order valence-electron chi connectivity index (χ3n) is 8.83. The third-order valence-corrected chi connectivity index (χ3v) is 8.83. The average Bonchev–Trinajstić information content (AvgIpc) is 3.63. The first-order valence-electron chi connectivity index (χ1n) is 17.4. The highest BCUT2D eigenvalue weighted by Crippen LogP contribution is 2.33. The number of aliphatic hydroxyl groups excluding tert-OH is 1. The van der Waals surface area contributed by atoms with Crippen LogP contribution in [-0.4, -0.2) is 55.4 Å². The van der Waals surface area contributed by atoms with Gasteiger partial charge in [0.1, 0.15) is 11.4 Å². The predicted octanol–water partition coefficient (Wildman–Crippen LogP) is 7.97. The molecule has 13 nitrogen and oxygen atoms in total. The van der Waals surface area contributed by atoms with Crippen molar-refractivity contribution < 1.29 is 43.5 Å². The zero-order valence-corrected chi connectivity index (χ0v) is 30.7. The first kappa shape index (κ1) is 39.4. The average molecular weight is 748 g/mol. The van der Waals surface area contributed by atoms with Crippen LogP contribution in [-0.2, 0) is 32.1 Å². The van der Waals surface area contributed by atoms with Crippen molar-refractivity contribution in [3.63, 3.8) is 0 Å². The molecule has 2 atom stereocenters. The number of benzene rings is 4. The predicted molar refractivity (Wildman–Crippen MR) is 204 cm³/mol. The molecular weight excluding hydrogens is 706 g/mol. The summed E-state index contributed by atoms with van der Waals surface area (Å²) in [5.41, 5.74) is -0.175. The monoisotopic (exact) mass is 747 g/mol. The molecule has 2 amide bonds. The van der Waals surface area contributed by atoms with Gasteiger partial charge in [0, 0.05) is 42.7 Å². The fourth-order valence-electron chi connectivity index (χ4n) is 6.11. The number of nitro benzene ring substituents is 1. The zero-order chi connectivity index (χ0) is 39.9. The smallest absolute Gasteiger partial charge is 0.339 e. The van der Waals surface area contributed by atoms with Gasteiger partial charge in [0.25, 0.3) is 17.5 Å². The van der Waals surface area contributed by atoms with E-state index in [1.165, 1.54) is 23.1 Å². The lowest BCUT2D eigenvalue weighted by atomic mass is 9.87. The number of non-ortho nitro benzene ring substituents is 1. The SMILES string of the molecule is CC(C(Cc1ccc(C(=O)Nc2ccccc2)o1)c1ccc([N+](=O)[O-])cc1)N(Cc1ccc2ccccc2c1)C(=O)C(O)=C(CC(=O)O)C(=O)OC(C)(C)C. The Bertz CT molecular complexity index is 2240. The quantitative estimate of drug-likeness (QED) is 0.0330. The summed E-state index contributed by atoms with van der Waals surface area (Å²) in [6.45, 7) is 6.30. The fraction of sp³-hybridized carbons (Fsp3) is 0.238. The zero-order valence-electron chi connectivity index (χ0n) is 30.7. The molecule has 0 spiro atoms. The lowest BCUT2D eigenvalue weighted by molar-refractivity contribution is -0.384.